The number of aryl methyl sites for hydroxylation is 1. The molecule has 170 valence electrons. The molecule has 9 nitrogen and oxygen atoms in total. The maximum Gasteiger partial charge on any atom is 0.265 e. The van der Waals surface area contributed by atoms with Crippen molar-refractivity contribution in [2.24, 2.45) is 5.92 Å². The minimum absolute atomic E-state index is 0.159. The highest BCUT2D eigenvalue weighted by molar-refractivity contribution is 7.89. The number of aromatic nitrogens is 3. The molecule has 1 saturated heterocycles. The van der Waals surface area contributed by atoms with E-state index in [1.54, 1.807) is 6.07 Å². The van der Waals surface area contributed by atoms with Crippen molar-refractivity contribution in [3.8, 4) is 0 Å². The zero-order chi connectivity index (χ0) is 22.7. The summed E-state index contributed by atoms with van der Waals surface area (Å²) < 4.78 is 27.7. The van der Waals surface area contributed by atoms with Crippen molar-refractivity contribution >= 4 is 32.7 Å². The molecular weight excluding hydrogens is 430 g/mol. The van der Waals surface area contributed by atoms with Gasteiger partial charge in [-0.05, 0) is 66.3 Å². The molecule has 1 atom stereocenters. The molecule has 0 spiro atoms. The highest BCUT2D eigenvalue weighted by Crippen LogP contribution is 2.25. The Morgan fingerprint density at radius 2 is 2.00 bits per heavy atom. The number of carbonyl (C=O) groups is 1. The van der Waals surface area contributed by atoms with E-state index in [-0.39, 0.29) is 17.4 Å². The number of anilines is 1. The second-order valence-corrected chi connectivity index (χ2v) is 10.0. The molecule has 0 radical (unpaired) electrons. The maximum atomic E-state index is 13.1. The molecular formula is C22H27N5O4S. The summed E-state index contributed by atoms with van der Waals surface area (Å²) in [5, 5.41) is 10.7. The van der Waals surface area contributed by atoms with Gasteiger partial charge >= 0.3 is 0 Å². The molecule has 1 N–H and O–H groups in total. The number of rotatable bonds is 7. The van der Waals surface area contributed by atoms with Crippen molar-refractivity contribution in [1.82, 2.24) is 19.5 Å². The van der Waals surface area contributed by atoms with Crippen molar-refractivity contribution in [2.45, 2.75) is 38.0 Å². The van der Waals surface area contributed by atoms with Crippen LogP contribution in [-0.4, -0.2) is 53.5 Å². The quantitative estimate of drug-likeness (QED) is 0.584. The lowest BCUT2D eigenvalue weighted by molar-refractivity contribution is -0.121. The van der Waals surface area contributed by atoms with Gasteiger partial charge in [-0.3, -0.25) is 4.79 Å². The number of nitrogens with zero attached hydrogens (tertiary/aromatic N) is 4. The number of piperidine rings is 1. The lowest BCUT2D eigenvalue weighted by atomic mass is 10.0. The van der Waals surface area contributed by atoms with E-state index in [0.29, 0.717) is 35.7 Å². The fourth-order valence-electron chi connectivity index (χ4n) is 3.79. The lowest BCUT2D eigenvalue weighted by Gasteiger charge is -2.30. The molecule has 10 heteroatoms. The van der Waals surface area contributed by atoms with Gasteiger partial charge in [0.05, 0.1) is 4.90 Å². The first-order valence-corrected chi connectivity index (χ1v) is 12.2. The Bertz CT molecular complexity index is 1210. The fourth-order valence-corrected chi connectivity index (χ4v) is 5.41. The summed E-state index contributed by atoms with van der Waals surface area (Å²) in [5.41, 5.74) is 2.71. The van der Waals surface area contributed by atoms with E-state index < -0.39 is 10.0 Å². The summed E-state index contributed by atoms with van der Waals surface area (Å²) in [7, 11) is -3.63. The number of hydrogen-bond acceptors (Lipinski definition) is 6. The van der Waals surface area contributed by atoms with Gasteiger partial charge in [0.25, 0.3) is 5.91 Å². The Morgan fingerprint density at radius 3 is 2.72 bits per heavy atom. The normalized spacial score (nSPS) is 17.4. The van der Waals surface area contributed by atoms with Gasteiger partial charge in [0.15, 0.2) is 6.61 Å². The SMILES string of the molecule is CCc1ccc(NC(=O)COn2nnc3ccc(S(=O)(=O)N4CCCC(C)C4)cc32)cc1. The van der Waals surface area contributed by atoms with Crippen LogP contribution in [0.1, 0.15) is 32.3 Å². The average molecular weight is 458 g/mol. The van der Waals surface area contributed by atoms with Crippen LogP contribution in [0, 0.1) is 5.92 Å². The first kappa shape index (κ1) is 22.2. The minimum Gasteiger partial charge on any atom is -0.385 e. The lowest BCUT2D eigenvalue weighted by Crippen LogP contribution is -2.39. The van der Waals surface area contributed by atoms with Gasteiger partial charge in [-0.2, -0.15) is 4.31 Å². The Kier molecular flexibility index (Phi) is 6.43. The average Bonchev–Trinajstić information content (AvgIpc) is 3.20. The Labute approximate surface area is 187 Å². The molecule has 0 bridgehead atoms. The van der Waals surface area contributed by atoms with Crippen LogP contribution in [0.5, 0.6) is 0 Å². The predicted octanol–water partition coefficient (Wildman–Crippen LogP) is 2.48. The number of fused-ring (bicyclic) bond motifs is 1. The Balaban J connectivity index is 1.47. The monoisotopic (exact) mass is 457 g/mol. The molecule has 1 amide bonds. The number of nitrogens with one attached hydrogen (secondary N) is 1. The summed E-state index contributed by atoms with van der Waals surface area (Å²) in [6, 6.07) is 12.2. The van der Waals surface area contributed by atoms with E-state index in [4.69, 9.17) is 4.84 Å². The molecule has 1 aliphatic heterocycles. The summed E-state index contributed by atoms with van der Waals surface area (Å²) in [6.07, 6.45) is 2.80. The van der Waals surface area contributed by atoms with Gasteiger partial charge in [0.2, 0.25) is 10.0 Å². The molecule has 2 aromatic carbocycles. The molecule has 2 heterocycles. The molecule has 1 aromatic heterocycles. The first-order chi connectivity index (χ1) is 15.4. The van der Waals surface area contributed by atoms with Crippen LogP contribution in [0.2, 0.25) is 0 Å². The third-order valence-electron chi connectivity index (χ3n) is 5.61. The Hall–Kier alpha value is -2.98. The molecule has 1 fully saturated rings. The first-order valence-electron chi connectivity index (χ1n) is 10.7. The van der Waals surface area contributed by atoms with E-state index in [1.165, 1.54) is 22.0 Å². The number of amides is 1. The molecule has 0 saturated carbocycles. The van der Waals surface area contributed by atoms with Crippen molar-refractivity contribution in [1.29, 1.82) is 0 Å². The molecule has 1 unspecified atom stereocenters. The molecule has 1 aliphatic rings. The smallest absolute Gasteiger partial charge is 0.265 e. The number of benzene rings is 2. The van der Waals surface area contributed by atoms with Gasteiger partial charge in [-0.1, -0.05) is 30.8 Å². The van der Waals surface area contributed by atoms with Crippen molar-refractivity contribution in [3.05, 3.63) is 48.0 Å². The van der Waals surface area contributed by atoms with Crippen LogP contribution in [0.3, 0.4) is 0 Å². The zero-order valence-corrected chi connectivity index (χ0v) is 19.0. The Morgan fingerprint density at radius 1 is 1.22 bits per heavy atom. The summed E-state index contributed by atoms with van der Waals surface area (Å²) in [6.45, 7) is 4.84. The highest BCUT2D eigenvalue weighted by atomic mass is 32.2. The zero-order valence-electron chi connectivity index (χ0n) is 18.2. The van der Waals surface area contributed by atoms with E-state index >= 15 is 0 Å². The van der Waals surface area contributed by atoms with E-state index in [2.05, 4.69) is 29.5 Å². The number of sulfonamides is 1. The molecule has 3 aromatic rings. The van der Waals surface area contributed by atoms with E-state index in [0.717, 1.165) is 24.1 Å². The van der Waals surface area contributed by atoms with Gasteiger partial charge in [-0.15, -0.1) is 5.10 Å². The standard InChI is InChI=1S/C22H27N5O4S/c1-3-17-6-8-18(9-7-17)23-22(28)15-31-27-21-13-19(10-11-20(21)24-25-27)32(29,30)26-12-4-5-16(2)14-26/h6-11,13,16H,3-5,12,14-15H2,1-2H3,(H,23,28). The largest absolute Gasteiger partial charge is 0.385 e. The third kappa shape index (κ3) is 4.76. The van der Waals surface area contributed by atoms with Gasteiger partial charge in [0, 0.05) is 18.8 Å². The van der Waals surface area contributed by atoms with Gasteiger partial charge in [-0.25, -0.2) is 8.42 Å². The van der Waals surface area contributed by atoms with Crippen LogP contribution in [0.4, 0.5) is 5.69 Å². The fraction of sp³-hybridized carbons (Fsp3) is 0.409. The molecule has 32 heavy (non-hydrogen) atoms. The number of carbonyl (C=O) groups excluding carboxylic acids is 1. The topological polar surface area (TPSA) is 106 Å². The summed E-state index contributed by atoms with van der Waals surface area (Å²) in [5.74, 6) is -0.0292. The van der Waals surface area contributed by atoms with E-state index in [9.17, 15) is 13.2 Å². The number of hydrogen-bond donors (Lipinski definition) is 1. The maximum absolute atomic E-state index is 13.1. The predicted molar refractivity (Wildman–Crippen MR) is 121 cm³/mol. The minimum atomic E-state index is -3.63. The van der Waals surface area contributed by atoms with Crippen molar-refractivity contribution in [3.63, 3.8) is 0 Å². The van der Waals surface area contributed by atoms with Crippen LogP contribution < -0.4 is 10.2 Å². The van der Waals surface area contributed by atoms with Gasteiger partial charge < -0.3 is 10.2 Å². The highest BCUT2D eigenvalue weighted by Gasteiger charge is 2.29. The van der Waals surface area contributed by atoms with Crippen LogP contribution >= 0.6 is 0 Å². The second-order valence-electron chi connectivity index (χ2n) is 8.10. The van der Waals surface area contributed by atoms with Crippen LogP contribution in [0.25, 0.3) is 11.0 Å². The van der Waals surface area contributed by atoms with E-state index in [1.807, 2.05) is 24.3 Å². The van der Waals surface area contributed by atoms with Gasteiger partial charge in [0.1, 0.15) is 11.0 Å². The molecule has 4 rings (SSSR count). The second kappa shape index (κ2) is 9.25. The van der Waals surface area contributed by atoms with Crippen molar-refractivity contribution in [2.75, 3.05) is 25.0 Å². The summed E-state index contributed by atoms with van der Waals surface area (Å²) >= 11 is 0. The van der Waals surface area contributed by atoms with Crippen LogP contribution in [-0.2, 0) is 21.2 Å². The molecule has 0 aliphatic carbocycles. The van der Waals surface area contributed by atoms with Crippen molar-refractivity contribution < 1.29 is 18.0 Å². The van der Waals surface area contributed by atoms with Crippen LogP contribution in [0.15, 0.2) is 47.4 Å². The third-order valence-corrected chi connectivity index (χ3v) is 7.47. The summed E-state index contributed by atoms with van der Waals surface area (Å²) in [4.78, 5) is 19.0.